The molecule has 0 saturated heterocycles. The third kappa shape index (κ3) is 6.43. The van der Waals surface area contributed by atoms with Crippen LogP contribution in [0.3, 0.4) is 0 Å². The molecule has 0 heterocycles. The van der Waals surface area contributed by atoms with Crippen LogP contribution < -0.4 is 0 Å². The summed E-state index contributed by atoms with van der Waals surface area (Å²) in [5.74, 6) is -0.933. The van der Waals surface area contributed by atoms with E-state index < -0.39 is 11.2 Å². The molecule has 0 spiro atoms. The average Bonchev–Trinajstić information content (AvgIpc) is 2.74. The zero-order valence-corrected chi connectivity index (χ0v) is 19.9. The fourth-order valence-corrected chi connectivity index (χ4v) is 3.39. The molecule has 0 aliphatic carbocycles. The molecular formula is C27H36O4. The summed E-state index contributed by atoms with van der Waals surface area (Å²) in [6.45, 7) is 13.3. The molecule has 4 heteroatoms. The Kier molecular flexibility index (Phi) is 8.05. The Labute approximate surface area is 187 Å². The van der Waals surface area contributed by atoms with Gasteiger partial charge in [0.05, 0.1) is 11.8 Å². The summed E-state index contributed by atoms with van der Waals surface area (Å²) in [7, 11) is 0. The molecule has 0 bridgehead atoms. The van der Waals surface area contributed by atoms with Crippen LogP contribution in [0.1, 0.15) is 71.6 Å². The van der Waals surface area contributed by atoms with Crippen molar-refractivity contribution in [3.05, 3.63) is 71.3 Å². The molecule has 168 valence electrons. The van der Waals surface area contributed by atoms with Crippen molar-refractivity contribution in [2.45, 2.75) is 72.5 Å². The van der Waals surface area contributed by atoms with E-state index in [1.165, 1.54) is 0 Å². The van der Waals surface area contributed by atoms with Crippen LogP contribution in [-0.2, 0) is 36.7 Å². The third-order valence-electron chi connectivity index (χ3n) is 5.78. The first-order chi connectivity index (χ1) is 14.5. The highest BCUT2D eigenvalue weighted by Gasteiger charge is 2.31. The highest BCUT2D eigenvalue weighted by molar-refractivity contribution is 5.73. The van der Waals surface area contributed by atoms with Crippen molar-refractivity contribution in [2.24, 2.45) is 11.8 Å². The van der Waals surface area contributed by atoms with Crippen molar-refractivity contribution in [2.75, 3.05) is 0 Å². The Morgan fingerprint density at radius 3 is 2.03 bits per heavy atom. The summed E-state index contributed by atoms with van der Waals surface area (Å²) < 4.78 is 11.7. The lowest BCUT2D eigenvalue weighted by atomic mass is 9.91. The van der Waals surface area contributed by atoms with Crippen LogP contribution in [0, 0.1) is 11.8 Å². The Hall–Kier alpha value is -2.62. The fourth-order valence-electron chi connectivity index (χ4n) is 3.39. The highest BCUT2D eigenvalue weighted by Crippen LogP contribution is 2.31. The molecule has 2 atom stereocenters. The van der Waals surface area contributed by atoms with E-state index in [0.717, 1.165) is 16.7 Å². The first-order valence-corrected chi connectivity index (χ1v) is 11.1. The van der Waals surface area contributed by atoms with Gasteiger partial charge in [0.25, 0.3) is 0 Å². The van der Waals surface area contributed by atoms with E-state index in [0.29, 0.717) is 12.8 Å². The maximum Gasteiger partial charge on any atom is 0.309 e. The summed E-state index contributed by atoms with van der Waals surface area (Å²) in [6.07, 6.45) is 1.25. The molecule has 0 amide bonds. The van der Waals surface area contributed by atoms with Crippen molar-refractivity contribution in [1.82, 2.24) is 0 Å². The zero-order chi connectivity index (χ0) is 23.2. The minimum Gasteiger partial charge on any atom is -0.455 e. The minimum atomic E-state index is -0.741. The molecule has 0 aliphatic heterocycles. The molecule has 2 unspecified atom stereocenters. The molecule has 0 N–H and O–H groups in total. The number of ether oxygens (including phenoxy) is 2. The first kappa shape index (κ1) is 24.6. The normalized spacial score (nSPS) is 14.6. The molecular weight excluding hydrogens is 388 g/mol. The molecule has 2 aromatic rings. The van der Waals surface area contributed by atoms with E-state index in [2.05, 4.69) is 0 Å². The van der Waals surface area contributed by atoms with Crippen LogP contribution in [0.4, 0.5) is 0 Å². The predicted molar refractivity (Wildman–Crippen MR) is 123 cm³/mol. The van der Waals surface area contributed by atoms with Gasteiger partial charge in [0, 0.05) is 0 Å². The van der Waals surface area contributed by atoms with E-state index in [1.807, 2.05) is 103 Å². The van der Waals surface area contributed by atoms with Crippen molar-refractivity contribution < 1.29 is 19.1 Å². The molecule has 0 aromatic heterocycles. The zero-order valence-electron chi connectivity index (χ0n) is 19.9. The van der Waals surface area contributed by atoms with Crippen LogP contribution in [0.25, 0.3) is 0 Å². The summed E-state index contributed by atoms with van der Waals surface area (Å²) in [4.78, 5) is 25.0. The average molecular weight is 425 g/mol. The van der Waals surface area contributed by atoms with E-state index in [4.69, 9.17) is 9.47 Å². The van der Waals surface area contributed by atoms with Gasteiger partial charge in [-0.3, -0.25) is 9.59 Å². The number of rotatable bonds is 9. The number of esters is 2. The Morgan fingerprint density at radius 2 is 1.45 bits per heavy atom. The molecule has 0 fully saturated rings. The largest absolute Gasteiger partial charge is 0.455 e. The van der Waals surface area contributed by atoms with Crippen LogP contribution in [0.5, 0.6) is 0 Å². The maximum absolute atomic E-state index is 12.9. The lowest BCUT2D eigenvalue weighted by Crippen LogP contribution is -2.31. The molecule has 31 heavy (non-hydrogen) atoms. The summed E-state index contributed by atoms with van der Waals surface area (Å²) in [6, 6.07) is 17.7. The van der Waals surface area contributed by atoms with E-state index in [1.54, 1.807) is 0 Å². The molecule has 2 rings (SSSR count). The van der Waals surface area contributed by atoms with Gasteiger partial charge in [-0.15, -0.1) is 0 Å². The number of hydrogen-bond donors (Lipinski definition) is 0. The van der Waals surface area contributed by atoms with Gasteiger partial charge < -0.3 is 9.47 Å². The standard InChI is InChI=1S/C27H36O4/c1-8-27(7,22-14-10-9-11-15-22)31-25(29)20(4)17-21-13-12-16-23(18-21)26(5,6)30-24(28)19(2)3/h9-16,18-20H,8,17H2,1-7H3. The van der Waals surface area contributed by atoms with Gasteiger partial charge in [-0.2, -0.15) is 0 Å². The highest BCUT2D eigenvalue weighted by atomic mass is 16.6. The summed E-state index contributed by atoms with van der Waals surface area (Å²) in [5.41, 5.74) is 1.51. The Morgan fingerprint density at radius 1 is 0.839 bits per heavy atom. The van der Waals surface area contributed by atoms with Gasteiger partial charge in [0.15, 0.2) is 0 Å². The lowest BCUT2D eigenvalue weighted by molar-refractivity contribution is -0.164. The van der Waals surface area contributed by atoms with Gasteiger partial charge in [0.2, 0.25) is 0 Å². The number of benzene rings is 2. The SMILES string of the molecule is CCC(C)(OC(=O)C(C)Cc1cccc(C(C)(C)OC(=O)C(C)C)c1)c1ccccc1. The quantitative estimate of drug-likeness (QED) is 0.452. The molecule has 4 nitrogen and oxygen atoms in total. The maximum atomic E-state index is 12.9. The van der Waals surface area contributed by atoms with Crippen molar-refractivity contribution in [1.29, 1.82) is 0 Å². The van der Waals surface area contributed by atoms with Crippen molar-refractivity contribution in [3.63, 3.8) is 0 Å². The monoisotopic (exact) mass is 424 g/mol. The van der Waals surface area contributed by atoms with Gasteiger partial charge in [0.1, 0.15) is 11.2 Å². The Balaban J connectivity index is 2.11. The van der Waals surface area contributed by atoms with Crippen LogP contribution >= 0.6 is 0 Å². The van der Waals surface area contributed by atoms with E-state index in [9.17, 15) is 9.59 Å². The van der Waals surface area contributed by atoms with Gasteiger partial charge in [-0.25, -0.2) is 0 Å². The predicted octanol–water partition coefficient (Wildman–Crippen LogP) is 6.17. The summed E-state index contributed by atoms with van der Waals surface area (Å²) in [5, 5.41) is 0. The van der Waals surface area contributed by atoms with Crippen LogP contribution in [0.15, 0.2) is 54.6 Å². The van der Waals surface area contributed by atoms with Crippen molar-refractivity contribution in [3.8, 4) is 0 Å². The van der Waals surface area contributed by atoms with Gasteiger partial charge in [-0.1, -0.05) is 82.3 Å². The number of carbonyl (C=O) groups is 2. The Bertz CT molecular complexity index is 885. The van der Waals surface area contributed by atoms with Crippen LogP contribution in [0.2, 0.25) is 0 Å². The van der Waals surface area contributed by atoms with Gasteiger partial charge in [-0.05, 0) is 50.3 Å². The van der Waals surface area contributed by atoms with Crippen LogP contribution in [-0.4, -0.2) is 11.9 Å². The second kappa shape index (κ2) is 10.1. The van der Waals surface area contributed by atoms with E-state index in [-0.39, 0.29) is 23.8 Å². The smallest absolute Gasteiger partial charge is 0.309 e. The first-order valence-electron chi connectivity index (χ1n) is 11.1. The van der Waals surface area contributed by atoms with Gasteiger partial charge >= 0.3 is 11.9 Å². The molecule has 2 aromatic carbocycles. The third-order valence-corrected chi connectivity index (χ3v) is 5.78. The summed E-state index contributed by atoms with van der Waals surface area (Å²) >= 11 is 0. The molecule has 0 radical (unpaired) electrons. The minimum absolute atomic E-state index is 0.185. The van der Waals surface area contributed by atoms with E-state index >= 15 is 0 Å². The number of hydrogen-bond acceptors (Lipinski definition) is 4. The fraction of sp³-hybridized carbons (Fsp3) is 0.481. The molecule has 0 saturated carbocycles. The second-order valence-corrected chi connectivity index (χ2v) is 9.26. The number of carbonyl (C=O) groups excluding carboxylic acids is 2. The topological polar surface area (TPSA) is 52.6 Å². The second-order valence-electron chi connectivity index (χ2n) is 9.26. The lowest BCUT2D eigenvalue weighted by Gasteiger charge is -2.30. The molecule has 0 aliphatic rings. The van der Waals surface area contributed by atoms with Crippen molar-refractivity contribution >= 4 is 11.9 Å².